The second kappa shape index (κ2) is 12.7. The number of likely N-dealkylation sites (tertiary alicyclic amines) is 1. The second-order valence-corrected chi connectivity index (χ2v) is 12.1. The molecule has 6 rings (SSSR count). The van der Waals surface area contributed by atoms with Crippen LogP contribution >= 0.6 is 11.6 Å². The maximum atomic E-state index is 15.3. The van der Waals surface area contributed by atoms with Gasteiger partial charge in [0.25, 0.3) is 0 Å². The van der Waals surface area contributed by atoms with Gasteiger partial charge in [-0.3, -0.25) is 15.1 Å². The zero-order valence-electron chi connectivity index (χ0n) is 24.1. The van der Waals surface area contributed by atoms with Crippen molar-refractivity contribution in [2.75, 3.05) is 17.2 Å². The molecule has 1 saturated carbocycles. The van der Waals surface area contributed by atoms with E-state index in [9.17, 15) is 9.59 Å². The van der Waals surface area contributed by atoms with Gasteiger partial charge in [-0.15, -0.1) is 0 Å². The Kier molecular flexibility index (Phi) is 8.59. The Morgan fingerprint density at radius 2 is 1.77 bits per heavy atom. The molecule has 0 bridgehead atoms. The highest BCUT2D eigenvalue weighted by Crippen LogP contribution is 2.40. The number of amides is 3. The molecule has 3 atom stereocenters. The number of anilines is 2. The van der Waals surface area contributed by atoms with E-state index in [2.05, 4.69) is 20.6 Å². The fraction of sp³-hybridized carbons (Fsp3) is 0.294. The molecule has 3 heterocycles. The number of aromatic nitrogens is 2. The molecule has 2 aromatic carbocycles. The first-order valence-corrected chi connectivity index (χ1v) is 15.2. The lowest BCUT2D eigenvalue weighted by Crippen LogP contribution is -2.45. The summed E-state index contributed by atoms with van der Waals surface area (Å²) >= 11 is 5.94. The molecule has 226 valence electrons. The Morgan fingerprint density at radius 3 is 2.48 bits per heavy atom. The third-order valence-electron chi connectivity index (χ3n) is 8.68. The topological polar surface area (TPSA) is 113 Å². The Hall–Kier alpha value is -4.34. The van der Waals surface area contributed by atoms with Crippen LogP contribution < -0.4 is 16.4 Å². The number of carbonyl (C=O) groups is 2. The van der Waals surface area contributed by atoms with Gasteiger partial charge in [-0.2, -0.15) is 0 Å². The van der Waals surface area contributed by atoms with Crippen molar-refractivity contribution >= 4 is 35.0 Å². The Labute approximate surface area is 260 Å². The number of nitrogens with zero attached hydrogens (tertiary/aromatic N) is 3. The second-order valence-electron chi connectivity index (χ2n) is 11.7. The molecule has 1 saturated heterocycles. The van der Waals surface area contributed by atoms with Crippen LogP contribution in [0.2, 0.25) is 5.02 Å². The molecule has 1 unspecified atom stereocenters. The van der Waals surface area contributed by atoms with Gasteiger partial charge in [0, 0.05) is 31.1 Å². The van der Waals surface area contributed by atoms with Crippen molar-refractivity contribution in [2.24, 2.45) is 11.7 Å². The SMILES string of the molecule is NC(CCC1CC1)(c1ccncc1)c1ccc(F)c(NC(=O)[C@H]2C[C@H](c3ccccc3)CN2C(=O)Nc2ccc(Cl)cn2)c1. The van der Waals surface area contributed by atoms with Gasteiger partial charge >= 0.3 is 6.03 Å². The largest absolute Gasteiger partial charge is 0.323 e. The first-order valence-electron chi connectivity index (χ1n) is 14.8. The van der Waals surface area contributed by atoms with E-state index in [-0.39, 0.29) is 11.6 Å². The molecule has 4 N–H and O–H groups in total. The van der Waals surface area contributed by atoms with Gasteiger partial charge in [0.2, 0.25) is 5.91 Å². The Balaban J connectivity index is 1.26. The standard InChI is InChI=1S/C34H34ClFN6O2/c35-27-9-11-31(39-20-27)41-33(44)42-21-24(23-4-2-1-3-5-23)18-30(42)32(43)40-29-19-26(8-10-28(29)36)34(37,15-12-22-6-7-22)25-13-16-38-17-14-25/h1-5,8-11,13-14,16-17,19-20,22,24,30H,6-7,12,15,18,21,37H2,(H,40,43)(H,39,41,44)/t24-,30+,34?/m0/s1. The molecule has 44 heavy (non-hydrogen) atoms. The number of halogens is 2. The fourth-order valence-electron chi connectivity index (χ4n) is 5.96. The van der Waals surface area contributed by atoms with Crippen LogP contribution in [0.5, 0.6) is 0 Å². The molecule has 0 spiro atoms. The van der Waals surface area contributed by atoms with Gasteiger partial charge in [0.1, 0.15) is 17.7 Å². The van der Waals surface area contributed by atoms with Crippen molar-refractivity contribution in [3.8, 4) is 0 Å². The summed E-state index contributed by atoms with van der Waals surface area (Å²) in [7, 11) is 0. The number of nitrogens with one attached hydrogen (secondary N) is 2. The molecular weight excluding hydrogens is 579 g/mol. The van der Waals surface area contributed by atoms with Crippen LogP contribution in [0.4, 0.5) is 20.7 Å². The monoisotopic (exact) mass is 612 g/mol. The predicted octanol–water partition coefficient (Wildman–Crippen LogP) is 6.69. The lowest BCUT2D eigenvalue weighted by Gasteiger charge is -2.31. The molecule has 10 heteroatoms. The lowest BCUT2D eigenvalue weighted by molar-refractivity contribution is -0.119. The lowest BCUT2D eigenvalue weighted by atomic mass is 9.79. The van der Waals surface area contributed by atoms with Crippen LogP contribution in [0.25, 0.3) is 0 Å². The summed E-state index contributed by atoms with van der Waals surface area (Å²) in [6.07, 6.45) is 9.22. The van der Waals surface area contributed by atoms with E-state index in [1.807, 2.05) is 42.5 Å². The van der Waals surface area contributed by atoms with Crippen LogP contribution in [-0.2, 0) is 10.3 Å². The predicted molar refractivity (Wildman–Crippen MR) is 169 cm³/mol. The molecule has 1 aliphatic carbocycles. The van der Waals surface area contributed by atoms with Crippen molar-refractivity contribution in [1.82, 2.24) is 14.9 Å². The molecule has 2 fully saturated rings. The molecule has 2 aromatic heterocycles. The van der Waals surface area contributed by atoms with Gasteiger partial charge in [0.05, 0.1) is 16.2 Å². The number of pyridine rings is 2. The van der Waals surface area contributed by atoms with E-state index in [4.69, 9.17) is 17.3 Å². The summed E-state index contributed by atoms with van der Waals surface area (Å²) in [4.78, 5) is 37.0. The number of rotatable bonds is 9. The summed E-state index contributed by atoms with van der Waals surface area (Å²) in [6, 6.07) is 20.0. The van der Waals surface area contributed by atoms with Gasteiger partial charge in [-0.25, -0.2) is 14.2 Å². The van der Waals surface area contributed by atoms with Crippen LogP contribution in [0, 0.1) is 11.7 Å². The summed E-state index contributed by atoms with van der Waals surface area (Å²) in [5.41, 5.74) is 8.79. The van der Waals surface area contributed by atoms with E-state index in [0.717, 1.165) is 17.5 Å². The third-order valence-corrected chi connectivity index (χ3v) is 8.90. The minimum Gasteiger partial charge on any atom is -0.322 e. The van der Waals surface area contributed by atoms with E-state index in [1.165, 1.54) is 30.0 Å². The first kappa shape index (κ1) is 29.7. The van der Waals surface area contributed by atoms with E-state index >= 15 is 4.39 Å². The molecule has 4 aromatic rings. The summed E-state index contributed by atoms with van der Waals surface area (Å²) in [5, 5.41) is 5.98. The number of hydrogen-bond acceptors (Lipinski definition) is 5. The average molecular weight is 613 g/mol. The number of benzene rings is 2. The van der Waals surface area contributed by atoms with Crippen molar-refractivity contribution in [1.29, 1.82) is 0 Å². The molecule has 8 nitrogen and oxygen atoms in total. The summed E-state index contributed by atoms with van der Waals surface area (Å²) in [6.45, 7) is 0.305. The highest BCUT2D eigenvalue weighted by atomic mass is 35.5. The van der Waals surface area contributed by atoms with Gasteiger partial charge in [-0.1, -0.05) is 60.8 Å². The van der Waals surface area contributed by atoms with E-state index in [1.54, 1.807) is 36.7 Å². The molecule has 3 amide bonds. The minimum atomic E-state index is -0.887. The zero-order chi connectivity index (χ0) is 30.7. The zero-order valence-corrected chi connectivity index (χ0v) is 24.9. The maximum absolute atomic E-state index is 15.3. The maximum Gasteiger partial charge on any atom is 0.323 e. The highest BCUT2D eigenvalue weighted by molar-refractivity contribution is 6.30. The van der Waals surface area contributed by atoms with Crippen molar-refractivity contribution in [3.63, 3.8) is 0 Å². The normalized spacial score (nSPS) is 19.3. The number of hydrogen-bond donors (Lipinski definition) is 3. The fourth-order valence-corrected chi connectivity index (χ4v) is 6.08. The number of carbonyl (C=O) groups excluding carboxylic acids is 2. The molecule has 1 aliphatic heterocycles. The van der Waals surface area contributed by atoms with E-state index in [0.29, 0.717) is 41.7 Å². The Morgan fingerprint density at radius 1 is 1.00 bits per heavy atom. The van der Waals surface area contributed by atoms with Gasteiger partial charge in [0.15, 0.2) is 0 Å². The third kappa shape index (κ3) is 6.59. The average Bonchev–Trinajstić information content (AvgIpc) is 3.77. The smallest absolute Gasteiger partial charge is 0.322 e. The van der Waals surface area contributed by atoms with Crippen molar-refractivity contribution < 1.29 is 14.0 Å². The summed E-state index contributed by atoms with van der Waals surface area (Å²) < 4.78 is 15.3. The Bertz CT molecular complexity index is 1620. The van der Waals surface area contributed by atoms with Crippen LogP contribution in [0.3, 0.4) is 0 Å². The minimum absolute atomic E-state index is 0.0192. The van der Waals surface area contributed by atoms with Gasteiger partial charge < -0.3 is 16.0 Å². The number of nitrogens with two attached hydrogens (primary N) is 1. The quantitative estimate of drug-likeness (QED) is 0.195. The van der Waals surface area contributed by atoms with Crippen molar-refractivity contribution in [2.45, 2.75) is 49.6 Å². The van der Waals surface area contributed by atoms with Crippen LogP contribution in [-0.4, -0.2) is 39.4 Å². The molecular formula is C34H34ClFN6O2. The number of urea groups is 1. The van der Waals surface area contributed by atoms with Crippen molar-refractivity contribution in [3.05, 3.63) is 119 Å². The molecule has 2 aliphatic rings. The first-order chi connectivity index (χ1) is 21.3. The van der Waals surface area contributed by atoms with Crippen LogP contribution in [0.15, 0.2) is 91.4 Å². The van der Waals surface area contributed by atoms with E-state index < -0.39 is 29.3 Å². The summed E-state index contributed by atoms with van der Waals surface area (Å²) in [5.74, 6) is -0.192. The highest BCUT2D eigenvalue weighted by Gasteiger charge is 2.41. The molecule has 0 radical (unpaired) electrons. The van der Waals surface area contributed by atoms with Crippen LogP contribution in [0.1, 0.15) is 54.7 Å². The van der Waals surface area contributed by atoms with Gasteiger partial charge in [-0.05, 0) is 78.3 Å².